The summed E-state index contributed by atoms with van der Waals surface area (Å²) in [5.41, 5.74) is 0.966. The predicted octanol–water partition coefficient (Wildman–Crippen LogP) is 3.10. The minimum atomic E-state index is -3.63. The zero-order valence-corrected chi connectivity index (χ0v) is 10.9. The molecule has 0 N–H and O–H groups in total. The molecule has 0 bridgehead atoms. The van der Waals surface area contributed by atoms with Crippen molar-refractivity contribution in [2.75, 3.05) is 7.11 Å². The molecule has 5 heteroatoms. The van der Waals surface area contributed by atoms with E-state index in [4.69, 9.17) is 15.4 Å². The molecule has 0 heterocycles. The Hall–Kier alpha value is -0.580. The van der Waals surface area contributed by atoms with E-state index < -0.39 is 9.05 Å². The second-order valence-corrected chi connectivity index (χ2v) is 6.09. The fourth-order valence-electron chi connectivity index (χ4n) is 1.53. The van der Waals surface area contributed by atoms with Gasteiger partial charge in [0.2, 0.25) is 0 Å². The topological polar surface area (TPSA) is 43.4 Å². The second kappa shape index (κ2) is 5.66. The summed E-state index contributed by atoms with van der Waals surface area (Å²) in [4.78, 5) is 0.115. The average Bonchev–Trinajstić information content (AvgIpc) is 2.25. The Kier molecular flexibility index (Phi) is 4.77. The number of methoxy groups -OCH3 is 1. The van der Waals surface area contributed by atoms with Crippen molar-refractivity contribution in [3.05, 3.63) is 29.8 Å². The van der Waals surface area contributed by atoms with Crippen molar-refractivity contribution in [2.24, 2.45) is 0 Å². The molecule has 3 nitrogen and oxygen atoms in total. The molecule has 1 rings (SSSR count). The summed E-state index contributed by atoms with van der Waals surface area (Å²) >= 11 is 0. The van der Waals surface area contributed by atoms with Crippen molar-refractivity contribution in [2.45, 2.75) is 30.8 Å². The summed E-state index contributed by atoms with van der Waals surface area (Å²) in [5, 5.41) is 0. The van der Waals surface area contributed by atoms with Crippen LogP contribution in [0.1, 0.15) is 31.4 Å². The maximum atomic E-state index is 11.0. The highest BCUT2D eigenvalue weighted by molar-refractivity contribution is 8.13. The van der Waals surface area contributed by atoms with Crippen LogP contribution in [0.2, 0.25) is 0 Å². The van der Waals surface area contributed by atoms with Gasteiger partial charge in [-0.05, 0) is 24.1 Å². The Morgan fingerprint density at radius 1 is 1.31 bits per heavy atom. The van der Waals surface area contributed by atoms with Crippen LogP contribution in [0, 0.1) is 0 Å². The van der Waals surface area contributed by atoms with Gasteiger partial charge in [0.25, 0.3) is 9.05 Å². The highest BCUT2D eigenvalue weighted by atomic mass is 35.7. The highest BCUT2D eigenvalue weighted by Gasteiger charge is 2.12. The third-order valence-corrected chi connectivity index (χ3v) is 3.74. The molecule has 0 fully saturated rings. The van der Waals surface area contributed by atoms with Gasteiger partial charge in [-0.25, -0.2) is 8.42 Å². The fraction of sp³-hybridized carbons (Fsp3) is 0.455. The molecule has 0 saturated heterocycles. The molecule has 0 radical (unpaired) electrons. The first kappa shape index (κ1) is 13.5. The maximum absolute atomic E-state index is 11.0. The van der Waals surface area contributed by atoms with Crippen LogP contribution in [0.4, 0.5) is 0 Å². The van der Waals surface area contributed by atoms with Crippen molar-refractivity contribution in [1.82, 2.24) is 0 Å². The van der Waals surface area contributed by atoms with E-state index in [-0.39, 0.29) is 11.0 Å². The average molecular weight is 263 g/mol. The Morgan fingerprint density at radius 2 is 1.88 bits per heavy atom. The number of halogens is 1. The summed E-state index contributed by atoms with van der Waals surface area (Å²) in [5.74, 6) is 0. The SMILES string of the molecule is CCCC(OC)c1ccc(S(=O)(=O)Cl)cc1. The molecule has 0 aliphatic heterocycles. The number of hydrogen-bond acceptors (Lipinski definition) is 3. The molecule has 0 aromatic heterocycles. The molecule has 0 saturated carbocycles. The number of hydrogen-bond donors (Lipinski definition) is 0. The molecule has 1 unspecified atom stereocenters. The van der Waals surface area contributed by atoms with Crippen molar-refractivity contribution < 1.29 is 13.2 Å². The Morgan fingerprint density at radius 3 is 2.25 bits per heavy atom. The van der Waals surface area contributed by atoms with Crippen LogP contribution < -0.4 is 0 Å². The van der Waals surface area contributed by atoms with Crippen LogP contribution in [-0.2, 0) is 13.8 Å². The molecule has 0 aliphatic rings. The summed E-state index contributed by atoms with van der Waals surface area (Å²) in [6.45, 7) is 2.07. The zero-order valence-electron chi connectivity index (χ0n) is 9.31. The summed E-state index contributed by atoms with van der Waals surface area (Å²) < 4.78 is 27.4. The number of benzene rings is 1. The van der Waals surface area contributed by atoms with E-state index in [1.165, 1.54) is 12.1 Å². The molecule has 0 aliphatic carbocycles. The van der Waals surface area contributed by atoms with Gasteiger partial charge in [0.05, 0.1) is 11.0 Å². The van der Waals surface area contributed by atoms with E-state index in [1.807, 2.05) is 0 Å². The molecule has 1 aromatic rings. The lowest BCUT2D eigenvalue weighted by Gasteiger charge is -2.14. The number of ether oxygens (including phenoxy) is 1. The van der Waals surface area contributed by atoms with Gasteiger partial charge in [0.15, 0.2) is 0 Å². The molecular weight excluding hydrogens is 248 g/mol. The zero-order chi connectivity index (χ0) is 12.2. The van der Waals surface area contributed by atoms with Gasteiger partial charge >= 0.3 is 0 Å². The highest BCUT2D eigenvalue weighted by Crippen LogP contribution is 2.24. The standard InChI is InChI=1S/C11H15ClO3S/c1-3-4-11(15-2)9-5-7-10(8-6-9)16(12,13)14/h5-8,11H,3-4H2,1-2H3. The largest absolute Gasteiger partial charge is 0.377 e. The van der Waals surface area contributed by atoms with Crippen LogP contribution >= 0.6 is 10.7 Å². The molecule has 90 valence electrons. The third-order valence-electron chi connectivity index (χ3n) is 2.37. The van der Waals surface area contributed by atoms with E-state index in [2.05, 4.69) is 6.92 Å². The molecule has 1 aromatic carbocycles. The summed E-state index contributed by atoms with van der Waals surface area (Å²) in [6, 6.07) is 6.47. The van der Waals surface area contributed by atoms with Gasteiger partial charge < -0.3 is 4.74 Å². The van der Waals surface area contributed by atoms with Gasteiger partial charge in [-0.3, -0.25) is 0 Å². The van der Waals surface area contributed by atoms with Gasteiger partial charge in [0.1, 0.15) is 0 Å². The van der Waals surface area contributed by atoms with Gasteiger partial charge in [-0.15, -0.1) is 0 Å². The third kappa shape index (κ3) is 3.47. The van der Waals surface area contributed by atoms with Crippen molar-refractivity contribution in [1.29, 1.82) is 0 Å². The molecule has 16 heavy (non-hydrogen) atoms. The maximum Gasteiger partial charge on any atom is 0.261 e. The smallest absolute Gasteiger partial charge is 0.261 e. The van der Waals surface area contributed by atoms with Crippen LogP contribution in [0.25, 0.3) is 0 Å². The van der Waals surface area contributed by atoms with Crippen LogP contribution in [0.3, 0.4) is 0 Å². The van der Waals surface area contributed by atoms with Gasteiger partial charge in [0, 0.05) is 17.8 Å². The van der Waals surface area contributed by atoms with Crippen molar-refractivity contribution in [3.8, 4) is 0 Å². The van der Waals surface area contributed by atoms with Gasteiger partial charge in [-0.1, -0.05) is 25.5 Å². The minimum Gasteiger partial charge on any atom is -0.377 e. The fourth-order valence-corrected chi connectivity index (χ4v) is 2.30. The lowest BCUT2D eigenvalue weighted by atomic mass is 10.1. The lowest BCUT2D eigenvalue weighted by molar-refractivity contribution is 0.0949. The van der Waals surface area contributed by atoms with E-state index in [1.54, 1.807) is 19.2 Å². The first-order chi connectivity index (χ1) is 7.49. The number of rotatable bonds is 5. The molecule has 0 amide bonds. The molecule has 0 spiro atoms. The molecular formula is C11H15ClO3S. The Labute approximate surface area is 101 Å². The Balaban J connectivity index is 2.93. The van der Waals surface area contributed by atoms with Crippen LogP contribution in [0.5, 0.6) is 0 Å². The van der Waals surface area contributed by atoms with E-state index >= 15 is 0 Å². The normalized spacial score (nSPS) is 13.7. The first-order valence-electron chi connectivity index (χ1n) is 5.06. The van der Waals surface area contributed by atoms with Crippen molar-refractivity contribution >= 4 is 19.7 Å². The van der Waals surface area contributed by atoms with E-state index in [9.17, 15) is 8.42 Å². The first-order valence-corrected chi connectivity index (χ1v) is 7.37. The van der Waals surface area contributed by atoms with E-state index in [0.29, 0.717) is 0 Å². The van der Waals surface area contributed by atoms with Gasteiger partial charge in [-0.2, -0.15) is 0 Å². The van der Waals surface area contributed by atoms with Crippen molar-refractivity contribution in [3.63, 3.8) is 0 Å². The lowest BCUT2D eigenvalue weighted by Crippen LogP contribution is -2.01. The monoisotopic (exact) mass is 262 g/mol. The Bertz CT molecular complexity index is 425. The summed E-state index contributed by atoms with van der Waals surface area (Å²) in [7, 11) is 3.24. The van der Waals surface area contributed by atoms with Crippen LogP contribution in [-0.4, -0.2) is 15.5 Å². The predicted molar refractivity (Wildman–Crippen MR) is 64.1 cm³/mol. The summed E-state index contributed by atoms with van der Waals surface area (Å²) in [6.07, 6.45) is 1.93. The molecule has 1 atom stereocenters. The second-order valence-electron chi connectivity index (χ2n) is 3.52. The van der Waals surface area contributed by atoms with Crippen LogP contribution in [0.15, 0.2) is 29.2 Å². The quantitative estimate of drug-likeness (QED) is 0.766. The minimum absolute atomic E-state index is 0.0112. The van der Waals surface area contributed by atoms with E-state index in [0.717, 1.165) is 18.4 Å².